The molecule has 0 amide bonds. The largest absolute Gasteiger partial charge is 0.296 e. The second-order valence-corrected chi connectivity index (χ2v) is 10.4. The van der Waals surface area contributed by atoms with Crippen molar-refractivity contribution in [3.05, 3.63) is 65.5 Å². The van der Waals surface area contributed by atoms with Gasteiger partial charge in [-0.3, -0.25) is 9.80 Å². The number of sulfone groups is 1. The number of hydrogen-bond acceptors (Lipinski definition) is 5. The predicted octanol–water partition coefficient (Wildman–Crippen LogP) is 3.21. The van der Waals surface area contributed by atoms with E-state index in [1.54, 1.807) is 12.1 Å². The number of benzene rings is 2. The summed E-state index contributed by atoms with van der Waals surface area (Å²) in [5.41, 5.74) is 1.58. The first-order valence-corrected chi connectivity index (χ1v) is 12.1. The van der Waals surface area contributed by atoms with Gasteiger partial charge in [-0.05, 0) is 67.8 Å². The summed E-state index contributed by atoms with van der Waals surface area (Å²) in [6.07, 6.45) is 2.90. The molecule has 2 saturated heterocycles. The summed E-state index contributed by atoms with van der Waals surface area (Å²) in [7, 11) is -3.33. The fourth-order valence-corrected chi connectivity index (χ4v) is 6.01. The number of likely N-dealkylation sites (tertiary alicyclic amines) is 1. The van der Waals surface area contributed by atoms with Crippen molar-refractivity contribution in [1.82, 2.24) is 9.80 Å². The van der Waals surface area contributed by atoms with Crippen LogP contribution in [0.15, 0.2) is 53.4 Å². The van der Waals surface area contributed by atoms with E-state index in [1.807, 2.05) is 18.2 Å². The first-order valence-electron chi connectivity index (χ1n) is 10.4. The van der Waals surface area contributed by atoms with E-state index in [1.165, 1.54) is 24.3 Å². The summed E-state index contributed by atoms with van der Waals surface area (Å²) in [5, 5.41) is 8.86. The zero-order chi connectivity index (χ0) is 21.1. The van der Waals surface area contributed by atoms with Gasteiger partial charge in [0.1, 0.15) is 5.82 Å². The van der Waals surface area contributed by atoms with Crippen molar-refractivity contribution < 1.29 is 12.8 Å². The highest BCUT2D eigenvalue weighted by Gasteiger charge is 2.39. The molecule has 158 valence electrons. The van der Waals surface area contributed by atoms with Crippen LogP contribution >= 0.6 is 0 Å². The number of hydrogen-bond donors (Lipinski definition) is 0. The van der Waals surface area contributed by atoms with Gasteiger partial charge in [-0.2, -0.15) is 5.26 Å². The molecule has 30 heavy (non-hydrogen) atoms. The fraction of sp³-hybridized carbons (Fsp3) is 0.435. The second kappa shape index (κ2) is 8.84. The van der Waals surface area contributed by atoms with Crippen molar-refractivity contribution in [2.24, 2.45) is 0 Å². The normalized spacial score (nSPS) is 22.1. The van der Waals surface area contributed by atoms with Crippen molar-refractivity contribution in [2.75, 3.05) is 25.4 Å². The molecule has 0 radical (unpaired) electrons. The number of nitriles is 1. The van der Waals surface area contributed by atoms with Crippen LogP contribution in [0.25, 0.3) is 0 Å². The summed E-state index contributed by atoms with van der Waals surface area (Å²) in [5.74, 6) is -0.0895. The van der Waals surface area contributed by atoms with Gasteiger partial charge in [0.2, 0.25) is 0 Å². The fourth-order valence-electron chi connectivity index (χ4n) is 4.71. The lowest BCUT2D eigenvalue weighted by Crippen LogP contribution is -2.53. The molecular formula is C23H26FN3O2S. The summed E-state index contributed by atoms with van der Waals surface area (Å²) < 4.78 is 38.3. The minimum atomic E-state index is -3.33. The van der Waals surface area contributed by atoms with Crippen LogP contribution in [0.4, 0.5) is 4.39 Å². The molecule has 2 fully saturated rings. The van der Waals surface area contributed by atoms with Crippen molar-refractivity contribution in [3.8, 4) is 6.07 Å². The molecule has 0 N–H and O–H groups in total. The Labute approximate surface area is 177 Å². The molecule has 0 saturated carbocycles. The first-order chi connectivity index (χ1) is 14.4. The predicted molar refractivity (Wildman–Crippen MR) is 113 cm³/mol. The van der Waals surface area contributed by atoms with Gasteiger partial charge in [0.25, 0.3) is 0 Å². The third kappa shape index (κ3) is 4.72. The van der Waals surface area contributed by atoms with Gasteiger partial charge >= 0.3 is 0 Å². The monoisotopic (exact) mass is 427 g/mol. The molecule has 0 spiro atoms. The Balaban J connectivity index is 1.30. The summed E-state index contributed by atoms with van der Waals surface area (Å²) >= 11 is 0. The third-order valence-electron chi connectivity index (χ3n) is 6.20. The maximum atomic E-state index is 13.1. The second-order valence-electron chi connectivity index (χ2n) is 8.25. The molecule has 2 aliphatic heterocycles. The van der Waals surface area contributed by atoms with Crippen LogP contribution < -0.4 is 0 Å². The van der Waals surface area contributed by atoms with E-state index in [4.69, 9.17) is 5.26 Å². The number of nitrogens with zero attached hydrogens (tertiary/aromatic N) is 3. The van der Waals surface area contributed by atoms with E-state index in [2.05, 4.69) is 9.80 Å². The molecule has 2 bridgehead atoms. The molecule has 0 aliphatic carbocycles. The van der Waals surface area contributed by atoms with Crippen molar-refractivity contribution in [2.45, 2.75) is 42.8 Å². The topological polar surface area (TPSA) is 64.4 Å². The average molecular weight is 428 g/mol. The Hall–Kier alpha value is -2.27. The molecule has 7 heteroatoms. The molecule has 2 atom stereocenters. The van der Waals surface area contributed by atoms with Crippen LogP contribution in [-0.2, 0) is 16.4 Å². The van der Waals surface area contributed by atoms with E-state index in [0.717, 1.165) is 44.6 Å². The van der Waals surface area contributed by atoms with E-state index >= 15 is 0 Å². The zero-order valence-corrected chi connectivity index (χ0v) is 17.7. The highest BCUT2D eigenvalue weighted by Crippen LogP contribution is 2.31. The van der Waals surface area contributed by atoms with Gasteiger partial charge in [-0.25, -0.2) is 12.8 Å². The van der Waals surface area contributed by atoms with E-state index < -0.39 is 9.84 Å². The Morgan fingerprint density at radius 1 is 1.00 bits per heavy atom. The Morgan fingerprint density at radius 2 is 1.63 bits per heavy atom. The van der Waals surface area contributed by atoms with Crippen LogP contribution in [0.1, 0.15) is 30.4 Å². The standard InChI is InChI=1S/C23H26FN3O2S/c24-20-6-2-19(3-7-20)15-26-16-21-8-9-22(17-26)27(21)12-1-13-30(28,29)23-10-4-18(14-25)5-11-23/h2-7,10-11,21-22H,1,8-9,12-13,15-17H2. The number of piperazine rings is 1. The molecule has 2 aromatic rings. The smallest absolute Gasteiger partial charge is 0.178 e. The van der Waals surface area contributed by atoms with Crippen LogP contribution in [0.2, 0.25) is 0 Å². The van der Waals surface area contributed by atoms with Crippen LogP contribution in [-0.4, -0.2) is 55.7 Å². The lowest BCUT2D eigenvalue weighted by molar-refractivity contribution is 0.0629. The quantitative estimate of drug-likeness (QED) is 0.679. The molecule has 2 aromatic carbocycles. The maximum absolute atomic E-state index is 13.1. The molecule has 0 aromatic heterocycles. The van der Waals surface area contributed by atoms with E-state index in [9.17, 15) is 12.8 Å². The Kier molecular flexibility index (Phi) is 6.19. The van der Waals surface area contributed by atoms with Gasteiger partial charge in [0.05, 0.1) is 22.3 Å². The third-order valence-corrected chi connectivity index (χ3v) is 8.02. The van der Waals surface area contributed by atoms with Crippen LogP contribution in [0.5, 0.6) is 0 Å². The Morgan fingerprint density at radius 3 is 2.23 bits per heavy atom. The minimum Gasteiger partial charge on any atom is -0.296 e. The van der Waals surface area contributed by atoms with Gasteiger partial charge in [-0.1, -0.05) is 12.1 Å². The molecule has 4 rings (SSSR count). The molecular weight excluding hydrogens is 401 g/mol. The number of fused-ring (bicyclic) bond motifs is 2. The van der Waals surface area contributed by atoms with Crippen molar-refractivity contribution >= 4 is 9.84 Å². The van der Waals surface area contributed by atoms with Crippen LogP contribution in [0.3, 0.4) is 0 Å². The summed E-state index contributed by atoms with van der Waals surface area (Å²) in [6.45, 7) is 3.55. The van der Waals surface area contributed by atoms with Crippen molar-refractivity contribution in [3.63, 3.8) is 0 Å². The van der Waals surface area contributed by atoms with Gasteiger partial charge < -0.3 is 0 Å². The molecule has 5 nitrogen and oxygen atoms in total. The van der Waals surface area contributed by atoms with Crippen molar-refractivity contribution in [1.29, 1.82) is 5.26 Å². The zero-order valence-electron chi connectivity index (χ0n) is 16.9. The number of rotatable bonds is 7. The molecule has 2 unspecified atom stereocenters. The van der Waals surface area contributed by atoms with E-state index in [-0.39, 0.29) is 16.5 Å². The minimum absolute atomic E-state index is 0.119. The van der Waals surface area contributed by atoms with E-state index in [0.29, 0.717) is 24.1 Å². The number of halogens is 1. The van der Waals surface area contributed by atoms with Gasteiger partial charge in [0.15, 0.2) is 9.84 Å². The SMILES string of the molecule is N#Cc1ccc(S(=O)(=O)CCCN2C3CCC2CN(Cc2ccc(F)cc2)C3)cc1. The highest BCUT2D eigenvalue weighted by atomic mass is 32.2. The maximum Gasteiger partial charge on any atom is 0.178 e. The van der Waals surface area contributed by atoms with Gasteiger partial charge in [0, 0.05) is 31.7 Å². The van der Waals surface area contributed by atoms with Crippen LogP contribution in [0, 0.1) is 17.1 Å². The first kappa shape index (κ1) is 21.0. The molecule has 2 heterocycles. The average Bonchev–Trinajstić information content (AvgIpc) is 2.98. The summed E-state index contributed by atoms with van der Waals surface area (Å²) in [4.78, 5) is 5.20. The molecule has 2 aliphatic rings. The lowest BCUT2D eigenvalue weighted by Gasteiger charge is -2.41. The Bertz CT molecular complexity index is 1000. The highest BCUT2D eigenvalue weighted by molar-refractivity contribution is 7.91. The lowest BCUT2D eigenvalue weighted by atomic mass is 10.1. The summed E-state index contributed by atoms with van der Waals surface area (Å²) in [6, 6.07) is 15.8. The van der Waals surface area contributed by atoms with Gasteiger partial charge in [-0.15, -0.1) is 0 Å².